The summed E-state index contributed by atoms with van der Waals surface area (Å²) in [6.07, 6.45) is 12.1. The van der Waals surface area contributed by atoms with Gasteiger partial charge in [-0.3, -0.25) is 9.59 Å². The van der Waals surface area contributed by atoms with Gasteiger partial charge in [-0.15, -0.1) is 0 Å². The number of carbonyl (C=O) groups is 2. The number of allylic oxidation sites excluding steroid dienone is 3. The van der Waals surface area contributed by atoms with Crippen molar-refractivity contribution >= 4 is 11.8 Å². The van der Waals surface area contributed by atoms with E-state index in [4.69, 9.17) is 5.11 Å². The fourth-order valence-corrected chi connectivity index (χ4v) is 3.22. The minimum atomic E-state index is -0.798. The van der Waals surface area contributed by atoms with Crippen LogP contribution in [0.25, 0.3) is 0 Å². The average Bonchev–Trinajstić information content (AvgIpc) is 2.82. The van der Waals surface area contributed by atoms with Crippen LogP contribution in [0, 0.1) is 11.8 Å². The molecule has 0 radical (unpaired) electrons. The minimum absolute atomic E-state index is 0.0220. The van der Waals surface area contributed by atoms with Crippen LogP contribution in [0.5, 0.6) is 0 Å². The van der Waals surface area contributed by atoms with Crippen LogP contribution >= 0.6 is 0 Å². The first-order valence-electron chi connectivity index (χ1n) is 9.39. The lowest BCUT2D eigenvalue weighted by Gasteiger charge is -2.17. The van der Waals surface area contributed by atoms with Crippen LogP contribution in [0.1, 0.15) is 64.7 Å². The maximum Gasteiger partial charge on any atom is 0.303 e. The number of aliphatic hydroxyl groups is 2. The molecule has 1 aliphatic carbocycles. The summed E-state index contributed by atoms with van der Waals surface area (Å²) in [5.74, 6) is -1.29. The van der Waals surface area contributed by atoms with Crippen molar-refractivity contribution in [3.8, 4) is 0 Å². The highest BCUT2D eigenvalue weighted by Crippen LogP contribution is 2.33. The summed E-state index contributed by atoms with van der Waals surface area (Å²) < 4.78 is 0. The third-order valence-corrected chi connectivity index (χ3v) is 4.72. The summed E-state index contributed by atoms with van der Waals surface area (Å²) in [7, 11) is 0. The van der Waals surface area contributed by atoms with Crippen LogP contribution in [0.3, 0.4) is 0 Å². The maximum absolute atomic E-state index is 12.1. The molecular weight excluding hydrogens is 320 g/mol. The third-order valence-electron chi connectivity index (χ3n) is 4.72. The molecule has 0 aromatic carbocycles. The molecule has 0 aromatic rings. The molecule has 1 rings (SSSR count). The number of hydrogen-bond donors (Lipinski definition) is 3. The topological polar surface area (TPSA) is 94.8 Å². The number of Topliss-reactive ketones (excluding diaryl/α,β-unsaturated/α-hetero) is 1. The summed E-state index contributed by atoms with van der Waals surface area (Å²) in [5.41, 5.74) is 0. The normalized spacial score (nSPS) is 25.2. The van der Waals surface area contributed by atoms with Crippen molar-refractivity contribution < 1.29 is 24.9 Å². The summed E-state index contributed by atoms with van der Waals surface area (Å²) in [6.45, 7) is 2.11. The molecule has 5 nitrogen and oxygen atoms in total. The van der Waals surface area contributed by atoms with Crippen LogP contribution in [0.2, 0.25) is 0 Å². The van der Waals surface area contributed by atoms with Gasteiger partial charge in [-0.05, 0) is 25.7 Å². The number of carbonyl (C=O) groups excluding carboxylic acids is 1. The molecule has 0 saturated heterocycles. The predicted molar refractivity (Wildman–Crippen MR) is 97.1 cm³/mol. The van der Waals surface area contributed by atoms with Crippen LogP contribution in [-0.4, -0.2) is 39.3 Å². The highest BCUT2D eigenvalue weighted by atomic mass is 16.4. The van der Waals surface area contributed by atoms with Crippen molar-refractivity contribution in [2.75, 3.05) is 0 Å². The summed E-state index contributed by atoms with van der Waals surface area (Å²) in [4.78, 5) is 22.5. The lowest BCUT2D eigenvalue weighted by molar-refractivity contribution is -0.137. The quantitative estimate of drug-likeness (QED) is 0.370. The Balaban J connectivity index is 2.48. The monoisotopic (exact) mass is 352 g/mol. The predicted octanol–water partition coefficient (Wildman–Crippen LogP) is 3.25. The Labute approximate surface area is 150 Å². The van der Waals surface area contributed by atoms with E-state index in [1.165, 1.54) is 0 Å². The highest BCUT2D eigenvalue weighted by Gasteiger charge is 2.39. The van der Waals surface area contributed by atoms with Gasteiger partial charge in [0.05, 0.1) is 12.2 Å². The first-order valence-corrected chi connectivity index (χ1v) is 9.39. The zero-order valence-electron chi connectivity index (χ0n) is 15.1. The van der Waals surface area contributed by atoms with E-state index in [-0.39, 0.29) is 30.5 Å². The van der Waals surface area contributed by atoms with E-state index in [9.17, 15) is 19.8 Å². The molecule has 25 heavy (non-hydrogen) atoms. The highest BCUT2D eigenvalue weighted by molar-refractivity contribution is 5.86. The van der Waals surface area contributed by atoms with Gasteiger partial charge in [0.1, 0.15) is 5.78 Å². The first-order chi connectivity index (χ1) is 12.0. The Morgan fingerprint density at radius 1 is 1.28 bits per heavy atom. The Morgan fingerprint density at radius 3 is 2.72 bits per heavy atom. The molecule has 0 aromatic heterocycles. The smallest absolute Gasteiger partial charge is 0.303 e. The lowest BCUT2D eigenvalue weighted by Crippen LogP contribution is -2.19. The maximum atomic E-state index is 12.1. The van der Waals surface area contributed by atoms with Gasteiger partial charge in [0, 0.05) is 24.7 Å². The molecule has 0 unspecified atom stereocenters. The number of rotatable bonds is 12. The number of aliphatic hydroxyl groups excluding tert-OH is 2. The Hall–Kier alpha value is -1.46. The van der Waals surface area contributed by atoms with E-state index in [2.05, 4.69) is 6.92 Å². The van der Waals surface area contributed by atoms with E-state index >= 15 is 0 Å². The molecule has 1 aliphatic rings. The second-order valence-corrected chi connectivity index (χ2v) is 6.87. The largest absolute Gasteiger partial charge is 0.481 e. The second-order valence-electron chi connectivity index (χ2n) is 6.87. The number of aliphatic carboxylic acids is 1. The molecule has 0 heterocycles. The van der Waals surface area contributed by atoms with E-state index in [1.807, 2.05) is 12.2 Å². The summed E-state index contributed by atoms with van der Waals surface area (Å²) in [6, 6.07) is 0. The molecule has 0 aliphatic heterocycles. The number of hydrogen-bond acceptors (Lipinski definition) is 4. The fraction of sp³-hybridized carbons (Fsp3) is 0.700. The summed E-state index contributed by atoms with van der Waals surface area (Å²) >= 11 is 0. The van der Waals surface area contributed by atoms with Crippen molar-refractivity contribution in [1.82, 2.24) is 0 Å². The lowest BCUT2D eigenvalue weighted by atomic mass is 9.90. The van der Waals surface area contributed by atoms with E-state index in [0.29, 0.717) is 25.7 Å². The Morgan fingerprint density at radius 2 is 2.04 bits per heavy atom. The minimum Gasteiger partial charge on any atom is -0.481 e. The van der Waals surface area contributed by atoms with Crippen LogP contribution in [0.15, 0.2) is 24.3 Å². The Kier molecular flexibility index (Phi) is 10.3. The van der Waals surface area contributed by atoms with Gasteiger partial charge < -0.3 is 15.3 Å². The molecular formula is C20H32O5. The number of carboxylic acid groups (broad SMARTS) is 1. The second kappa shape index (κ2) is 12.0. The van der Waals surface area contributed by atoms with Crippen molar-refractivity contribution in [1.29, 1.82) is 0 Å². The molecule has 0 amide bonds. The zero-order valence-corrected chi connectivity index (χ0v) is 15.1. The van der Waals surface area contributed by atoms with E-state index in [0.717, 1.165) is 19.3 Å². The van der Waals surface area contributed by atoms with Crippen LogP contribution < -0.4 is 0 Å². The molecule has 5 heteroatoms. The molecule has 0 bridgehead atoms. The number of unbranched alkanes of at least 4 members (excludes halogenated alkanes) is 3. The number of carboxylic acids is 1. The van der Waals surface area contributed by atoms with Crippen molar-refractivity contribution in [2.45, 2.75) is 76.9 Å². The van der Waals surface area contributed by atoms with Gasteiger partial charge in [-0.1, -0.05) is 50.5 Å². The SMILES string of the molecule is CCCCC[C@H](O)/C=C\[C@H]1C(=O)C[C@H](O)[C@@H]1C/C=C\CCCC(=O)O. The van der Waals surface area contributed by atoms with Crippen molar-refractivity contribution in [3.63, 3.8) is 0 Å². The van der Waals surface area contributed by atoms with Gasteiger partial charge in [-0.2, -0.15) is 0 Å². The third kappa shape index (κ3) is 8.45. The molecule has 3 N–H and O–H groups in total. The van der Waals surface area contributed by atoms with Crippen molar-refractivity contribution in [3.05, 3.63) is 24.3 Å². The molecule has 142 valence electrons. The van der Waals surface area contributed by atoms with Gasteiger partial charge in [0.25, 0.3) is 0 Å². The summed E-state index contributed by atoms with van der Waals surface area (Å²) in [5, 5.41) is 28.7. The van der Waals surface area contributed by atoms with Gasteiger partial charge in [0.2, 0.25) is 0 Å². The number of ketones is 1. The standard InChI is InChI=1S/C20H32O5/c1-2-3-6-9-15(21)12-13-17-16(18(22)14-19(17)23)10-7-4-5-8-11-20(24)25/h4,7,12-13,15-18,21-22H,2-3,5-6,8-11,14H2,1H3,(H,24,25)/b7-4-,13-12-/t15-,16+,17+,18-/m0/s1. The Bertz CT molecular complexity index is 469. The average molecular weight is 352 g/mol. The van der Waals surface area contributed by atoms with Gasteiger partial charge >= 0.3 is 5.97 Å². The first kappa shape index (κ1) is 21.6. The van der Waals surface area contributed by atoms with Gasteiger partial charge in [-0.25, -0.2) is 0 Å². The molecule has 4 atom stereocenters. The fourth-order valence-electron chi connectivity index (χ4n) is 3.22. The van der Waals surface area contributed by atoms with Crippen LogP contribution in [-0.2, 0) is 9.59 Å². The van der Waals surface area contributed by atoms with E-state index < -0.39 is 18.2 Å². The zero-order chi connectivity index (χ0) is 18.7. The van der Waals surface area contributed by atoms with Crippen LogP contribution in [0.4, 0.5) is 0 Å². The molecule has 1 fully saturated rings. The van der Waals surface area contributed by atoms with E-state index in [1.54, 1.807) is 12.2 Å². The molecule has 1 saturated carbocycles. The van der Waals surface area contributed by atoms with Gasteiger partial charge in [0.15, 0.2) is 0 Å². The molecule has 0 spiro atoms. The van der Waals surface area contributed by atoms with Crippen molar-refractivity contribution in [2.24, 2.45) is 11.8 Å².